The molecule has 18 heavy (non-hydrogen) atoms. The zero-order chi connectivity index (χ0) is 13.2. The normalized spacial score (nSPS) is 26.9. The topological polar surface area (TPSA) is 49.8 Å². The van der Waals surface area contributed by atoms with Gasteiger partial charge in [0.05, 0.1) is 24.0 Å². The van der Waals surface area contributed by atoms with Gasteiger partial charge < -0.3 is 10.6 Å². The van der Waals surface area contributed by atoms with Gasteiger partial charge in [-0.15, -0.1) is 0 Å². The summed E-state index contributed by atoms with van der Waals surface area (Å²) in [6, 6.07) is -0.0103. The molecule has 1 aliphatic rings. The number of nitrogens with one attached hydrogen (secondary N) is 2. The third kappa shape index (κ3) is 3.49. The Morgan fingerprint density at radius 1 is 1.50 bits per heavy atom. The molecule has 1 aromatic heterocycles. The molecule has 0 bridgehead atoms. The molecule has 2 heterocycles. The molecule has 0 saturated carbocycles. The Hall–Kier alpha value is -1.01. The van der Waals surface area contributed by atoms with Gasteiger partial charge in [0, 0.05) is 19.0 Å². The van der Waals surface area contributed by atoms with E-state index < -0.39 is 5.92 Å². The third-order valence-corrected chi connectivity index (χ3v) is 3.23. The SMILES string of the molecule is C[C@@H]1CC(F)(F)CNC1CNc1ncc(Cl)cn1. The maximum absolute atomic E-state index is 13.1. The first-order valence-electron chi connectivity index (χ1n) is 5.79. The fourth-order valence-corrected chi connectivity index (χ4v) is 2.14. The lowest BCUT2D eigenvalue weighted by Gasteiger charge is -2.35. The number of piperidine rings is 1. The van der Waals surface area contributed by atoms with Crippen LogP contribution in [0.5, 0.6) is 0 Å². The van der Waals surface area contributed by atoms with Crippen molar-refractivity contribution in [2.75, 3.05) is 18.4 Å². The summed E-state index contributed by atoms with van der Waals surface area (Å²) in [5, 5.41) is 6.32. The van der Waals surface area contributed by atoms with E-state index in [1.54, 1.807) is 0 Å². The van der Waals surface area contributed by atoms with Gasteiger partial charge in [0.1, 0.15) is 0 Å². The maximum atomic E-state index is 13.1. The first-order chi connectivity index (χ1) is 8.46. The number of halogens is 3. The highest BCUT2D eigenvalue weighted by Gasteiger charge is 2.38. The summed E-state index contributed by atoms with van der Waals surface area (Å²) in [6.07, 6.45) is 2.89. The molecule has 4 nitrogen and oxygen atoms in total. The van der Waals surface area contributed by atoms with E-state index in [0.717, 1.165) is 0 Å². The van der Waals surface area contributed by atoms with Gasteiger partial charge in [0.15, 0.2) is 0 Å². The van der Waals surface area contributed by atoms with E-state index in [9.17, 15) is 8.78 Å². The maximum Gasteiger partial charge on any atom is 0.260 e. The van der Waals surface area contributed by atoms with Gasteiger partial charge in [-0.2, -0.15) is 0 Å². The molecular weight excluding hydrogens is 262 g/mol. The molecule has 100 valence electrons. The summed E-state index contributed by atoms with van der Waals surface area (Å²) in [4.78, 5) is 7.97. The van der Waals surface area contributed by atoms with Gasteiger partial charge in [-0.25, -0.2) is 18.7 Å². The largest absolute Gasteiger partial charge is 0.353 e. The average Bonchev–Trinajstić information content (AvgIpc) is 2.29. The summed E-state index contributed by atoms with van der Waals surface area (Å²) in [5.74, 6) is -2.26. The molecule has 0 aromatic carbocycles. The van der Waals surface area contributed by atoms with Crippen LogP contribution in [0.1, 0.15) is 13.3 Å². The summed E-state index contributed by atoms with van der Waals surface area (Å²) in [5.41, 5.74) is 0. The number of anilines is 1. The lowest BCUT2D eigenvalue weighted by Crippen LogP contribution is -2.52. The van der Waals surface area contributed by atoms with Gasteiger partial charge in [-0.1, -0.05) is 18.5 Å². The number of rotatable bonds is 3. The van der Waals surface area contributed by atoms with Crippen LogP contribution in [0.4, 0.5) is 14.7 Å². The van der Waals surface area contributed by atoms with Crippen molar-refractivity contribution in [3.8, 4) is 0 Å². The van der Waals surface area contributed by atoms with Gasteiger partial charge in [-0.05, 0) is 5.92 Å². The highest BCUT2D eigenvalue weighted by molar-refractivity contribution is 6.30. The van der Waals surface area contributed by atoms with Gasteiger partial charge in [-0.3, -0.25) is 0 Å². The minimum atomic E-state index is -2.60. The van der Waals surface area contributed by atoms with Crippen molar-refractivity contribution >= 4 is 17.5 Å². The molecule has 2 atom stereocenters. The fraction of sp³-hybridized carbons (Fsp3) is 0.636. The smallest absolute Gasteiger partial charge is 0.260 e. The predicted octanol–water partition coefficient (Wildman–Crippen LogP) is 2.18. The van der Waals surface area contributed by atoms with Crippen LogP contribution in [0.3, 0.4) is 0 Å². The molecule has 1 unspecified atom stereocenters. The van der Waals surface area contributed by atoms with Crippen molar-refractivity contribution in [3.63, 3.8) is 0 Å². The van der Waals surface area contributed by atoms with E-state index >= 15 is 0 Å². The number of hydrogen-bond donors (Lipinski definition) is 2. The van der Waals surface area contributed by atoms with Crippen LogP contribution in [0, 0.1) is 5.92 Å². The van der Waals surface area contributed by atoms with Crippen molar-refractivity contribution in [1.82, 2.24) is 15.3 Å². The van der Waals surface area contributed by atoms with E-state index in [2.05, 4.69) is 20.6 Å². The predicted molar refractivity (Wildman–Crippen MR) is 66.1 cm³/mol. The first-order valence-corrected chi connectivity index (χ1v) is 6.17. The zero-order valence-electron chi connectivity index (χ0n) is 9.96. The van der Waals surface area contributed by atoms with E-state index in [1.807, 2.05) is 6.92 Å². The second-order valence-electron chi connectivity index (χ2n) is 4.63. The van der Waals surface area contributed by atoms with E-state index in [1.165, 1.54) is 12.4 Å². The van der Waals surface area contributed by atoms with Gasteiger partial charge >= 0.3 is 0 Å². The Morgan fingerprint density at radius 2 is 2.17 bits per heavy atom. The molecule has 2 N–H and O–H groups in total. The zero-order valence-corrected chi connectivity index (χ0v) is 10.7. The lowest BCUT2D eigenvalue weighted by molar-refractivity contribution is -0.0472. The second-order valence-corrected chi connectivity index (χ2v) is 5.07. The molecule has 1 aliphatic heterocycles. The van der Waals surface area contributed by atoms with Crippen LogP contribution >= 0.6 is 11.6 Å². The Bertz CT molecular complexity index is 399. The highest BCUT2D eigenvalue weighted by Crippen LogP contribution is 2.28. The summed E-state index contributed by atoms with van der Waals surface area (Å²) >= 11 is 5.67. The number of hydrogen-bond acceptors (Lipinski definition) is 4. The molecule has 0 aliphatic carbocycles. The van der Waals surface area contributed by atoms with E-state index in [0.29, 0.717) is 17.5 Å². The molecule has 7 heteroatoms. The molecule has 1 saturated heterocycles. The first kappa shape index (κ1) is 13.4. The minimum Gasteiger partial charge on any atom is -0.353 e. The monoisotopic (exact) mass is 276 g/mol. The van der Waals surface area contributed by atoms with Crippen molar-refractivity contribution in [3.05, 3.63) is 17.4 Å². The Kier molecular flexibility index (Phi) is 3.97. The lowest BCUT2D eigenvalue weighted by atomic mass is 9.90. The van der Waals surface area contributed by atoms with E-state index in [-0.39, 0.29) is 24.9 Å². The third-order valence-electron chi connectivity index (χ3n) is 3.03. The molecular formula is C11H15ClF2N4. The van der Waals surface area contributed by atoms with Crippen molar-refractivity contribution in [2.45, 2.75) is 25.3 Å². The van der Waals surface area contributed by atoms with Crippen LogP contribution in [-0.4, -0.2) is 35.0 Å². The van der Waals surface area contributed by atoms with Crippen molar-refractivity contribution in [2.24, 2.45) is 5.92 Å². The average molecular weight is 277 g/mol. The van der Waals surface area contributed by atoms with Crippen molar-refractivity contribution < 1.29 is 8.78 Å². The highest BCUT2D eigenvalue weighted by atomic mass is 35.5. The van der Waals surface area contributed by atoms with Crippen LogP contribution in [0.2, 0.25) is 5.02 Å². The van der Waals surface area contributed by atoms with Crippen LogP contribution < -0.4 is 10.6 Å². The molecule has 2 rings (SSSR count). The molecule has 0 spiro atoms. The van der Waals surface area contributed by atoms with E-state index in [4.69, 9.17) is 11.6 Å². The number of nitrogens with zero attached hydrogens (tertiary/aromatic N) is 2. The summed E-state index contributed by atoms with van der Waals surface area (Å²) in [6.45, 7) is 2.05. The minimum absolute atomic E-state index is 0.0103. The molecule has 1 fully saturated rings. The Morgan fingerprint density at radius 3 is 2.78 bits per heavy atom. The summed E-state index contributed by atoms with van der Waals surface area (Å²) < 4.78 is 26.2. The molecule has 0 radical (unpaired) electrons. The van der Waals surface area contributed by atoms with Crippen LogP contribution in [-0.2, 0) is 0 Å². The Labute approximate surface area is 109 Å². The fourth-order valence-electron chi connectivity index (χ4n) is 2.05. The Balaban J connectivity index is 1.85. The van der Waals surface area contributed by atoms with Crippen LogP contribution in [0.15, 0.2) is 12.4 Å². The van der Waals surface area contributed by atoms with Gasteiger partial charge in [0.2, 0.25) is 5.95 Å². The van der Waals surface area contributed by atoms with Crippen LogP contribution in [0.25, 0.3) is 0 Å². The standard InChI is InChI=1S/C11H15ClF2N4/c1-7-2-11(13,14)6-18-9(7)5-17-10-15-3-8(12)4-16-10/h3-4,7,9,18H,2,5-6H2,1H3,(H,15,16,17)/t7-,9?/m1/s1. The number of aromatic nitrogens is 2. The van der Waals surface area contributed by atoms with Crippen molar-refractivity contribution in [1.29, 1.82) is 0 Å². The number of alkyl halides is 2. The quantitative estimate of drug-likeness (QED) is 0.888. The summed E-state index contributed by atoms with van der Waals surface area (Å²) in [7, 11) is 0. The van der Waals surface area contributed by atoms with Gasteiger partial charge in [0.25, 0.3) is 5.92 Å². The second kappa shape index (κ2) is 5.32. The molecule has 0 amide bonds. The molecule has 1 aromatic rings.